The standard InChI is InChI=1S/C16H38N2O2Si/c1-7-17(8-2)13-11-15-21(19-5,20-6)16-12-14-18(9-3)10-4/h7-16H2,1-6H3. The highest BCUT2D eigenvalue weighted by Crippen LogP contribution is 2.22. The third-order valence-corrected chi connectivity index (χ3v) is 8.32. The number of rotatable bonds is 14. The van der Waals surface area contributed by atoms with Crippen molar-refractivity contribution in [3.8, 4) is 0 Å². The molecule has 0 rings (SSSR count). The highest BCUT2D eigenvalue weighted by Gasteiger charge is 2.34. The molecule has 128 valence electrons. The second-order valence-corrected chi connectivity index (χ2v) is 9.22. The smallest absolute Gasteiger partial charge is 0.337 e. The average Bonchev–Trinajstić information content (AvgIpc) is 2.54. The Morgan fingerprint density at radius 1 is 0.667 bits per heavy atom. The van der Waals surface area contributed by atoms with Crippen LogP contribution in [0.15, 0.2) is 0 Å². The average molecular weight is 319 g/mol. The summed E-state index contributed by atoms with van der Waals surface area (Å²) in [6.07, 6.45) is 2.36. The van der Waals surface area contributed by atoms with E-state index in [4.69, 9.17) is 8.85 Å². The minimum absolute atomic E-state index is 1.11. The maximum Gasteiger partial charge on any atom is 0.337 e. The van der Waals surface area contributed by atoms with E-state index in [1.165, 1.54) is 12.8 Å². The molecule has 0 aromatic rings. The van der Waals surface area contributed by atoms with Gasteiger partial charge in [-0.25, -0.2) is 0 Å². The monoisotopic (exact) mass is 318 g/mol. The van der Waals surface area contributed by atoms with Gasteiger partial charge in [-0.1, -0.05) is 27.7 Å². The van der Waals surface area contributed by atoms with Crippen molar-refractivity contribution in [3.63, 3.8) is 0 Å². The summed E-state index contributed by atoms with van der Waals surface area (Å²) < 4.78 is 11.7. The quantitative estimate of drug-likeness (QED) is 0.459. The Morgan fingerprint density at radius 3 is 1.24 bits per heavy atom. The SMILES string of the molecule is CCN(CC)CCC[Si](CCCN(CC)CC)(OC)OC. The lowest BCUT2D eigenvalue weighted by atomic mass is 10.4. The van der Waals surface area contributed by atoms with Crippen LogP contribution < -0.4 is 0 Å². The molecule has 0 radical (unpaired) electrons. The second kappa shape index (κ2) is 12.6. The minimum atomic E-state index is -1.98. The van der Waals surface area contributed by atoms with Crippen LogP contribution in [0.5, 0.6) is 0 Å². The van der Waals surface area contributed by atoms with Crippen molar-refractivity contribution >= 4 is 8.56 Å². The molecule has 0 aliphatic rings. The molecule has 5 heteroatoms. The van der Waals surface area contributed by atoms with E-state index >= 15 is 0 Å². The van der Waals surface area contributed by atoms with Gasteiger partial charge in [-0.2, -0.15) is 0 Å². The van der Waals surface area contributed by atoms with Crippen LogP contribution in [0.4, 0.5) is 0 Å². The molecular formula is C16H38N2O2Si. The second-order valence-electron chi connectivity index (χ2n) is 5.58. The predicted octanol–water partition coefficient (Wildman–Crippen LogP) is 3.19. The Morgan fingerprint density at radius 2 is 1.00 bits per heavy atom. The van der Waals surface area contributed by atoms with E-state index in [0.717, 1.165) is 51.4 Å². The lowest BCUT2D eigenvalue weighted by Gasteiger charge is -2.29. The van der Waals surface area contributed by atoms with Gasteiger partial charge < -0.3 is 18.7 Å². The van der Waals surface area contributed by atoms with Crippen molar-refractivity contribution in [1.82, 2.24) is 9.80 Å². The first-order chi connectivity index (χ1) is 10.1. The van der Waals surface area contributed by atoms with Crippen LogP contribution in [-0.4, -0.2) is 71.8 Å². The Hall–Kier alpha value is 0.0569. The molecule has 0 atom stereocenters. The number of hydrogen-bond acceptors (Lipinski definition) is 4. The van der Waals surface area contributed by atoms with Crippen LogP contribution in [0.2, 0.25) is 12.1 Å². The molecule has 0 saturated heterocycles. The van der Waals surface area contributed by atoms with E-state index in [-0.39, 0.29) is 0 Å². The summed E-state index contributed by atoms with van der Waals surface area (Å²) in [5, 5.41) is 0. The normalized spacial score (nSPS) is 12.6. The Kier molecular flexibility index (Phi) is 12.6. The van der Waals surface area contributed by atoms with Crippen LogP contribution in [0.1, 0.15) is 40.5 Å². The molecule has 0 bridgehead atoms. The molecule has 0 aliphatic heterocycles. The van der Waals surface area contributed by atoms with Crippen molar-refractivity contribution in [1.29, 1.82) is 0 Å². The molecule has 0 saturated carbocycles. The minimum Gasteiger partial charge on any atom is -0.398 e. The van der Waals surface area contributed by atoms with Crippen molar-refractivity contribution in [3.05, 3.63) is 0 Å². The van der Waals surface area contributed by atoms with Crippen LogP contribution >= 0.6 is 0 Å². The van der Waals surface area contributed by atoms with Crippen LogP contribution in [-0.2, 0) is 8.85 Å². The zero-order valence-electron chi connectivity index (χ0n) is 15.3. The fraction of sp³-hybridized carbons (Fsp3) is 1.00. The van der Waals surface area contributed by atoms with E-state index < -0.39 is 8.56 Å². The molecule has 0 aromatic carbocycles. The fourth-order valence-electron chi connectivity index (χ4n) is 2.84. The van der Waals surface area contributed by atoms with Gasteiger partial charge in [0.1, 0.15) is 0 Å². The van der Waals surface area contributed by atoms with E-state index in [1.54, 1.807) is 0 Å². The molecule has 21 heavy (non-hydrogen) atoms. The van der Waals surface area contributed by atoms with Crippen LogP contribution in [0, 0.1) is 0 Å². The summed E-state index contributed by atoms with van der Waals surface area (Å²) in [4.78, 5) is 4.95. The van der Waals surface area contributed by atoms with Gasteiger partial charge in [0, 0.05) is 14.2 Å². The molecule has 0 fully saturated rings. The summed E-state index contributed by atoms with van der Waals surface area (Å²) in [7, 11) is 1.69. The van der Waals surface area contributed by atoms with Gasteiger partial charge in [0.15, 0.2) is 0 Å². The highest BCUT2D eigenvalue weighted by molar-refractivity contribution is 6.67. The predicted molar refractivity (Wildman–Crippen MR) is 94.2 cm³/mol. The van der Waals surface area contributed by atoms with Gasteiger partial charge in [-0.3, -0.25) is 0 Å². The summed E-state index contributed by atoms with van der Waals surface area (Å²) in [5.74, 6) is 0. The van der Waals surface area contributed by atoms with E-state index in [9.17, 15) is 0 Å². The van der Waals surface area contributed by atoms with Gasteiger partial charge >= 0.3 is 8.56 Å². The van der Waals surface area contributed by atoms with E-state index in [1.807, 2.05) is 14.2 Å². The summed E-state index contributed by atoms with van der Waals surface area (Å²) in [6.45, 7) is 15.8. The lowest BCUT2D eigenvalue weighted by Crippen LogP contribution is -2.41. The van der Waals surface area contributed by atoms with Crippen LogP contribution in [0.25, 0.3) is 0 Å². The number of hydrogen-bond donors (Lipinski definition) is 0. The maximum atomic E-state index is 5.86. The van der Waals surface area contributed by atoms with Gasteiger partial charge in [-0.15, -0.1) is 0 Å². The van der Waals surface area contributed by atoms with Gasteiger partial charge in [0.25, 0.3) is 0 Å². The van der Waals surface area contributed by atoms with Gasteiger partial charge in [0.05, 0.1) is 0 Å². The maximum absolute atomic E-state index is 5.86. The molecule has 0 spiro atoms. The van der Waals surface area contributed by atoms with Gasteiger partial charge in [-0.05, 0) is 64.2 Å². The molecule has 4 nitrogen and oxygen atoms in total. The zero-order valence-corrected chi connectivity index (χ0v) is 16.3. The van der Waals surface area contributed by atoms with E-state index in [2.05, 4.69) is 37.5 Å². The molecule has 0 aliphatic carbocycles. The first kappa shape index (κ1) is 21.1. The number of nitrogens with zero attached hydrogens (tertiary/aromatic N) is 2. The summed E-state index contributed by atoms with van der Waals surface area (Å²) >= 11 is 0. The first-order valence-electron chi connectivity index (χ1n) is 8.66. The highest BCUT2D eigenvalue weighted by atomic mass is 28.4. The third-order valence-electron chi connectivity index (χ3n) is 4.60. The third kappa shape index (κ3) is 8.31. The molecule has 0 N–H and O–H groups in total. The lowest BCUT2D eigenvalue weighted by molar-refractivity contribution is 0.228. The van der Waals surface area contributed by atoms with Gasteiger partial charge in [0.2, 0.25) is 0 Å². The summed E-state index contributed by atoms with van der Waals surface area (Å²) in [5.41, 5.74) is 0. The molecular weight excluding hydrogens is 280 g/mol. The molecule has 0 amide bonds. The largest absolute Gasteiger partial charge is 0.398 e. The topological polar surface area (TPSA) is 24.9 Å². The molecule has 0 unspecified atom stereocenters. The fourth-order valence-corrected chi connectivity index (χ4v) is 5.47. The van der Waals surface area contributed by atoms with Crippen molar-refractivity contribution < 1.29 is 8.85 Å². The Bertz CT molecular complexity index is 210. The summed E-state index contributed by atoms with van der Waals surface area (Å²) in [6, 6.07) is 2.21. The van der Waals surface area contributed by atoms with Crippen LogP contribution in [0.3, 0.4) is 0 Å². The van der Waals surface area contributed by atoms with Crippen molar-refractivity contribution in [2.24, 2.45) is 0 Å². The molecule has 0 heterocycles. The van der Waals surface area contributed by atoms with Crippen molar-refractivity contribution in [2.75, 3.05) is 53.5 Å². The Balaban J connectivity index is 4.22. The zero-order chi connectivity index (χ0) is 16.1. The van der Waals surface area contributed by atoms with E-state index in [0.29, 0.717) is 0 Å². The van der Waals surface area contributed by atoms with Crippen molar-refractivity contribution in [2.45, 2.75) is 52.6 Å². The first-order valence-corrected chi connectivity index (χ1v) is 10.9. The molecule has 0 aromatic heterocycles. The Labute approximate surface area is 134 Å².